The minimum atomic E-state index is -1.72. The number of ether oxygens (including phenoxy) is 1. The van der Waals surface area contributed by atoms with E-state index >= 15 is 0 Å². The van der Waals surface area contributed by atoms with Crippen LogP contribution in [0.5, 0.6) is 23.0 Å². The summed E-state index contributed by atoms with van der Waals surface area (Å²) in [6, 6.07) is 2.68. The molecule has 2 rings (SSSR count). The van der Waals surface area contributed by atoms with E-state index in [0.717, 1.165) is 0 Å². The van der Waals surface area contributed by atoms with Crippen LogP contribution in [0, 0.1) is 20.2 Å². The summed E-state index contributed by atoms with van der Waals surface area (Å²) >= 11 is 0. The van der Waals surface area contributed by atoms with Crippen LogP contribution >= 0.6 is 0 Å². The van der Waals surface area contributed by atoms with Crippen molar-refractivity contribution in [3.8, 4) is 23.0 Å². The summed E-state index contributed by atoms with van der Waals surface area (Å²) in [6.45, 7) is 0. The molecule has 0 aliphatic heterocycles. The lowest BCUT2D eigenvalue weighted by Gasteiger charge is -2.10. The van der Waals surface area contributed by atoms with E-state index in [-0.39, 0.29) is 0 Å². The average molecular weight is 380 g/mol. The Kier molecular flexibility index (Phi) is 4.78. The molecule has 0 unspecified atom stereocenters. The molecule has 0 spiro atoms. The minimum absolute atomic E-state index is 0.520. The highest BCUT2D eigenvalue weighted by Crippen LogP contribution is 2.39. The van der Waals surface area contributed by atoms with Gasteiger partial charge in [-0.25, -0.2) is 9.59 Å². The van der Waals surface area contributed by atoms with E-state index in [1.54, 1.807) is 0 Å². The molecule has 0 bridgehead atoms. The van der Waals surface area contributed by atoms with Gasteiger partial charge in [0.05, 0.1) is 22.0 Å². The highest BCUT2D eigenvalue weighted by atomic mass is 16.6. The Balaban J connectivity index is 2.63. The summed E-state index contributed by atoms with van der Waals surface area (Å²) in [5.74, 6) is -6.75. The number of carboxylic acid groups (broad SMARTS) is 2. The van der Waals surface area contributed by atoms with Gasteiger partial charge in [0.15, 0.2) is 0 Å². The van der Waals surface area contributed by atoms with Crippen LogP contribution < -0.4 is 4.74 Å². The van der Waals surface area contributed by atoms with Crippen LogP contribution in [-0.4, -0.2) is 42.2 Å². The predicted molar refractivity (Wildman–Crippen MR) is 83.5 cm³/mol. The molecule has 0 aromatic heterocycles. The Morgan fingerprint density at radius 1 is 0.778 bits per heavy atom. The quantitative estimate of drug-likeness (QED) is 0.421. The van der Waals surface area contributed by atoms with E-state index < -0.39 is 67.3 Å². The first-order chi connectivity index (χ1) is 12.5. The zero-order valence-corrected chi connectivity index (χ0v) is 12.9. The van der Waals surface area contributed by atoms with Gasteiger partial charge >= 0.3 is 23.3 Å². The number of hydrogen-bond donors (Lipinski definition) is 4. The van der Waals surface area contributed by atoms with Gasteiger partial charge in [0.25, 0.3) is 0 Å². The number of nitrogens with zero attached hydrogens (tertiary/aromatic N) is 2. The molecule has 0 saturated carbocycles. The topological polar surface area (TPSA) is 211 Å². The van der Waals surface area contributed by atoms with Crippen LogP contribution in [0.2, 0.25) is 0 Å². The van der Waals surface area contributed by atoms with Crippen LogP contribution in [0.3, 0.4) is 0 Å². The first-order valence-corrected chi connectivity index (χ1v) is 6.70. The van der Waals surface area contributed by atoms with Crippen LogP contribution in [0.1, 0.15) is 20.7 Å². The lowest BCUT2D eigenvalue weighted by Crippen LogP contribution is -2.02. The van der Waals surface area contributed by atoms with E-state index in [9.17, 15) is 40.0 Å². The maximum absolute atomic E-state index is 11.1. The molecule has 4 N–H and O–H groups in total. The van der Waals surface area contributed by atoms with E-state index in [0.29, 0.717) is 24.3 Å². The largest absolute Gasteiger partial charge is 0.501 e. The Bertz CT molecular complexity index is 849. The summed E-state index contributed by atoms with van der Waals surface area (Å²) < 4.78 is 5.09. The fraction of sp³-hybridized carbons (Fsp3) is 0. The van der Waals surface area contributed by atoms with Crippen LogP contribution in [0.4, 0.5) is 11.4 Å². The number of rotatable bonds is 6. The van der Waals surface area contributed by atoms with E-state index in [4.69, 9.17) is 14.9 Å². The second-order valence-corrected chi connectivity index (χ2v) is 4.90. The Hall–Kier alpha value is -4.42. The molecule has 0 aliphatic carbocycles. The molecule has 0 fully saturated rings. The molecule has 0 amide bonds. The van der Waals surface area contributed by atoms with Gasteiger partial charge < -0.3 is 25.2 Å². The van der Waals surface area contributed by atoms with Gasteiger partial charge in [0, 0.05) is 0 Å². The van der Waals surface area contributed by atoms with Gasteiger partial charge in [-0.15, -0.1) is 0 Å². The molecular formula is C14H8N2O11. The number of phenols is 2. The monoisotopic (exact) mass is 380 g/mol. The molecule has 2 aromatic rings. The van der Waals surface area contributed by atoms with Crippen molar-refractivity contribution in [1.82, 2.24) is 0 Å². The maximum atomic E-state index is 11.1. The van der Waals surface area contributed by atoms with Crippen molar-refractivity contribution >= 4 is 23.3 Å². The van der Waals surface area contributed by atoms with E-state index in [1.165, 1.54) is 0 Å². The second kappa shape index (κ2) is 6.83. The summed E-state index contributed by atoms with van der Waals surface area (Å²) in [4.78, 5) is 41.9. The van der Waals surface area contributed by atoms with Crippen molar-refractivity contribution < 1.29 is 44.6 Å². The zero-order valence-electron chi connectivity index (χ0n) is 12.9. The third-order valence-corrected chi connectivity index (χ3v) is 3.22. The van der Waals surface area contributed by atoms with E-state index in [2.05, 4.69) is 0 Å². The highest BCUT2D eigenvalue weighted by Gasteiger charge is 2.26. The van der Waals surface area contributed by atoms with Crippen molar-refractivity contribution in [2.24, 2.45) is 0 Å². The summed E-state index contributed by atoms with van der Waals surface area (Å²) in [7, 11) is 0. The summed E-state index contributed by atoms with van der Waals surface area (Å²) in [6.07, 6.45) is 0. The molecule has 2 aromatic carbocycles. The van der Waals surface area contributed by atoms with Crippen molar-refractivity contribution in [3.63, 3.8) is 0 Å². The normalized spacial score (nSPS) is 10.2. The number of carbonyl (C=O) groups is 2. The maximum Gasteiger partial charge on any atom is 0.339 e. The second-order valence-electron chi connectivity index (χ2n) is 4.90. The number of aromatic hydroxyl groups is 2. The Morgan fingerprint density at radius 2 is 1.11 bits per heavy atom. The van der Waals surface area contributed by atoms with E-state index in [1.807, 2.05) is 0 Å². The van der Waals surface area contributed by atoms with Crippen molar-refractivity contribution in [2.45, 2.75) is 0 Å². The van der Waals surface area contributed by atoms with Gasteiger partial charge in [0.1, 0.15) is 22.6 Å². The molecule has 13 nitrogen and oxygen atoms in total. The molecule has 0 heterocycles. The minimum Gasteiger partial charge on any atom is -0.501 e. The van der Waals surface area contributed by atoms with Gasteiger partial charge in [-0.2, -0.15) is 0 Å². The lowest BCUT2D eigenvalue weighted by molar-refractivity contribution is -0.386. The molecular weight excluding hydrogens is 372 g/mol. The van der Waals surface area contributed by atoms with Crippen molar-refractivity contribution in [3.05, 3.63) is 55.6 Å². The third-order valence-electron chi connectivity index (χ3n) is 3.22. The molecule has 0 aliphatic rings. The number of hydrogen-bond acceptors (Lipinski definition) is 9. The summed E-state index contributed by atoms with van der Waals surface area (Å²) in [5.41, 5.74) is -3.80. The van der Waals surface area contributed by atoms with Crippen molar-refractivity contribution in [1.29, 1.82) is 0 Å². The Labute approximate surface area is 147 Å². The lowest BCUT2D eigenvalue weighted by atomic mass is 10.1. The average Bonchev–Trinajstić information content (AvgIpc) is 2.56. The number of nitro benzene ring substituents is 2. The molecule has 13 heteroatoms. The number of nitro groups is 2. The zero-order chi connectivity index (χ0) is 20.5. The molecule has 0 saturated heterocycles. The van der Waals surface area contributed by atoms with Crippen LogP contribution in [0.25, 0.3) is 0 Å². The van der Waals surface area contributed by atoms with Crippen LogP contribution in [-0.2, 0) is 0 Å². The molecule has 0 radical (unpaired) electrons. The first kappa shape index (κ1) is 18.9. The summed E-state index contributed by atoms with van der Waals surface area (Å²) in [5, 5.41) is 59.1. The molecule has 0 atom stereocenters. The number of benzene rings is 2. The standard InChI is InChI=1S/C14H8N2O11/c17-11-7(13(19)20)1-5(3-9(11)15(23)24)27-6-2-8(14(21)22)12(18)10(4-6)16(25)26/h1-4,17-18H,(H,19,20)(H,21,22). The van der Waals surface area contributed by atoms with Gasteiger partial charge in [-0.3, -0.25) is 20.2 Å². The fourth-order valence-corrected chi connectivity index (χ4v) is 2.05. The third kappa shape index (κ3) is 3.65. The Morgan fingerprint density at radius 3 is 1.37 bits per heavy atom. The smallest absolute Gasteiger partial charge is 0.339 e. The van der Waals surface area contributed by atoms with Crippen LogP contribution in [0.15, 0.2) is 24.3 Å². The number of carboxylic acids is 2. The van der Waals surface area contributed by atoms with Gasteiger partial charge in [-0.1, -0.05) is 0 Å². The highest BCUT2D eigenvalue weighted by molar-refractivity contribution is 5.94. The number of aromatic carboxylic acids is 2. The SMILES string of the molecule is O=C(O)c1cc(Oc2cc(C(=O)O)c(O)c([N+](=O)[O-])c2)cc([N+](=O)[O-])c1O. The van der Waals surface area contributed by atoms with Crippen molar-refractivity contribution in [2.75, 3.05) is 0 Å². The fourth-order valence-electron chi connectivity index (χ4n) is 2.05. The first-order valence-electron chi connectivity index (χ1n) is 6.70. The van der Waals surface area contributed by atoms with Gasteiger partial charge in [-0.05, 0) is 12.1 Å². The van der Waals surface area contributed by atoms with Gasteiger partial charge in [0.2, 0.25) is 11.5 Å². The molecule has 27 heavy (non-hydrogen) atoms. The predicted octanol–water partition coefficient (Wildman–Crippen LogP) is 2.10. The molecule has 140 valence electrons.